The summed E-state index contributed by atoms with van der Waals surface area (Å²) < 4.78 is 5.48. The number of aromatic nitrogens is 2. The van der Waals surface area contributed by atoms with E-state index in [9.17, 15) is 4.79 Å². The molecule has 0 aliphatic rings. The lowest BCUT2D eigenvalue weighted by atomic mass is 10.1. The van der Waals surface area contributed by atoms with Crippen LogP contribution in [0.2, 0.25) is 5.02 Å². The minimum atomic E-state index is -0.196. The van der Waals surface area contributed by atoms with E-state index in [1.54, 1.807) is 18.3 Å². The number of rotatable bonds is 5. The number of nitrogens with zero attached hydrogens (tertiary/aromatic N) is 2. The number of halogens is 1. The first-order chi connectivity index (χ1) is 12.1. The number of hydrogen-bond donors (Lipinski definition) is 1. The Labute approximate surface area is 151 Å². The van der Waals surface area contributed by atoms with E-state index in [1.807, 2.05) is 38.1 Å². The van der Waals surface area contributed by atoms with Gasteiger partial charge in [0.15, 0.2) is 0 Å². The number of nitrogens with one attached hydrogen (secondary N) is 1. The lowest BCUT2D eigenvalue weighted by Gasteiger charge is -2.11. The average Bonchev–Trinajstić information content (AvgIpc) is 2.61. The van der Waals surface area contributed by atoms with Crippen LogP contribution in [-0.2, 0) is 6.54 Å². The van der Waals surface area contributed by atoms with Gasteiger partial charge in [0.2, 0.25) is 5.88 Å². The molecule has 2 aromatic heterocycles. The van der Waals surface area contributed by atoms with Crippen LogP contribution in [0.25, 0.3) is 10.9 Å². The number of fused-ring (bicyclic) bond motifs is 1. The summed E-state index contributed by atoms with van der Waals surface area (Å²) in [5.74, 6) is 0.337. The maximum Gasteiger partial charge on any atom is 0.253 e. The van der Waals surface area contributed by atoms with Gasteiger partial charge in [-0.05, 0) is 44.2 Å². The number of aryl methyl sites for hydroxylation is 1. The van der Waals surface area contributed by atoms with Crippen LogP contribution >= 0.6 is 11.6 Å². The quantitative estimate of drug-likeness (QED) is 0.753. The van der Waals surface area contributed by atoms with Gasteiger partial charge in [-0.1, -0.05) is 17.7 Å². The summed E-state index contributed by atoms with van der Waals surface area (Å²) in [6.07, 6.45) is 1.66. The first-order valence-electron chi connectivity index (χ1n) is 8.00. The van der Waals surface area contributed by atoms with Crippen molar-refractivity contribution in [1.29, 1.82) is 0 Å². The topological polar surface area (TPSA) is 64.1 Å². The van der Waals surface area contributed by atoms with Crippen LogP contribution in [0, 0.1) is 6.92 Å². The molecular weight excluding hydrogens is 338 g/mol. The van der Waals surface area contributed by atoms with Gasteiger partial charge in [0, 0.05) is 28.7 Å². The van der Waals surface area contributed by atoms with Crippen LogP contribution in [0.1, 0.15) is 28.5 Å². The van der Waals surface area contributed by atoms with Crippen LogP contribution in [0.15, 0.2) is 42.6 Å². The zero-order valence-corrected chi connectivity index (χ0v) is 14.8. The number of carbonyl (C=O) groups is 1. The van der Waals surface area contributed by atoms with Gasteiger partial charge < -0.3 is 10.1 Å². The summed E-state index contributed by atoms with van der Waals surface area (Å²) in [7, 11) is 0. The monoisotopic (exact) mass is 355 g/mol. The van der Waals surface area contributed by atoms with E-state index in [1.165, 1.54) is 0 Å². The molecule has 0 fully saturated rings. The molecule has 0 saturated heterocycles. The van der Waals surface area contributed by atoms with Crippen molar-refractivity contribution in [2.24, 2.45) is 0 Å². The number of hydrogen-bond acceptors (Lipinski definition) is 4. The van der Waals surface area contributed by atoms with E-state index in [2.05, 4.69) is 15.3 Å². The highest BCUT2D eigenvalue weighted by Crippen LogP contribution is 2.21. The standard InChI is InChI=1S/C19H18ClN3O2/c1-3-25-19-13(5-4-8-21-19)11-22-18(24)16-10-14-9-15(20)6-7-17(14)23-12(16)2/h4-10H,3,11H2,1-2H3,(H,22,24). The zero-order valence-electron chi connectivity index (χ0n) is 14.0. The summed E-state index contributed by atoms with van der Waals surface area (Å²) >= 11 is 6.03. The average molecular weight is 356 g/mol. The highest BCUT2D eigenvalue weighted by molar-refractivity contribution is 6.31. The van der Waals surface area contributed by atoms with Crippen molar-refractivity contribution >= 4 is 28.4 Å². The summed E-state index contributed by atoms with van der Waals surface area (Å²) in [5, 5.41) is 4.35. The number of ether oxygens (including phenoxy) is 1. The molecule has 0 bridgehead atoms. The smallest absolute Gasteiger partial charge is 0.253 e. The molecule has 25 heavy (non-hydrogen) atoms. The van der Waals surface area contributed by atoms with Gasteiger partial charge >= 0.3 is 0 Å². The zero-order chi connectivity index (χ0) is 17.8. The molecule has 5 nitrogen and oxygen atoms in total. The second-order valence-electron chi connectivity index (χ2n) is 5.54. The van der Waals surface area contributed by atoms with Gasteiger partial charge in [0.05, 0.1) is 23.4 Å². The second kappa shape index (κ2) is 7.49. The molecule has 1 aromatic carbocycles. The van der Waals surface area contributed by atoms with Gasteiger partial charge in [0.25, 0.3) is 5.91 Å². The summed E-state index contributed by atoms with van der Waals surface area (Å²) in [5.41, 5.74) is 2.83. The van der Waals surface area contributed by atoms with Crippen molar-refractivity contribution in [3.63, 3.8) is 0 Å². The first kappa shape index (κ1) is 17.2. The van der Waals surface area contributed by atoms with E-state index in [4.69, 9.17) is 16.3 Å². The Hall–Kier alpha value is -2.66. The van der Waals surface area contributed by atoms with Crippen LogP contribution < -0.4 is 10.1 Å². The SMILES string of the molecule is CCOc1ncccc1CNC(=O)c1cc2cc(Cl)ccc2nc1C. The Bertz CT molecular complexity index is 928. The molecule has 0 aliphatic heterocycles. The van der Waals surface area contributed by atoms with Crippen LogP contribution in [0.3, 0.4) is 0 Å². The highest BCUT2D eigenvalue weighted by atomic mass is 35.5. The summed E-state index contributed by atoms with van der Waals surface area (Å²) in [6, 6.07) is 10.9. The molecule has 0 spiro atoms. The van der Waals surface area contributed by atoms with E-state index in [-0.39, 0.29) is 5.91 Å². The molecule has 2 heterocycles. The minimum Gasteiger partial charge on any atom is -0.478 e. The molecule has 1 amide bonds. The highest BCUT2D eigenvalue weighted by Gasteiger charge is 2.13. The Kier molecular flexibility index (Phi) is 5.14. The van der Waals surface area contributed by atoms with Crippen molar-refractivity contribution in [2.75, 3.05) is 6.61 Å². The Morgan fingerprint density at radius 3 is 2.92 bits per heavy atom. The predicted molar refractivity (Wildman–Crippen MR) is 98.1 cm³/mol. The molecule has 0 radical (unpaired) electrons. The van der Waals surface area contributed by atoms with Gasteiger partial charge in [-0.2, -0.15) is 0 Å². The van der Waals surface area contributed by atoms with Gasteiger partial charge in [-0.25, -0.2) is 4.98 Å². The lowest BCUT2D eigenvalue weighted by Crippen LogP contribution is -2.24. The molecular formula is C19H18ClN3O2. The molecule has 0 unspecified atom stereocenters. The molecule has 3 aromatic rings. The largest absolute Gasteiger partial charge is 0.478 e. The van der Waals surface area contributed by atoms with Gasteiger partial charge in [-0.15, -0.1) is 0 Å². The van der Waals surface area contributed by atoms with Crippen molar-refractivity contribution in [1.82, 2.24) is 15.3 Å². The number of pyridine rings is 2. The maximum atomic E-state index is 12.6. The van der Waals surface area contributed by atoms with Crippen LogP contribution in [-0.4, -0.2) is 22.5 Å². The lowest BCUT2D eigenvalue weighted by molar-refractivity contribution is 0.0949. The Morgan fingerprint density at radius 1 is 1.28 bits per heavy atom. The van der Waals surface area contributed by atoms with Crippen molar-refractivity contribution in [3.05, 3.63) is 64.4 Å². The van der Waals surface area contributed by atoms with E-state index in [0.29, 0.717) is 35.3 Å². The molecule has 3 rings (SSSR count). The molecule has 128 valence electrons. The van der Waals surface area contributed by atoms with Gasteiger partial charge in [-0.3, -0.25) is 9.78 Å². The molecule has 0 aliphatic carbocycles. The molecule has 0 saturated carbocycles. The third kappa shape index (κ3) is 3.88. The normalized spacial score (nSPS) is 10.7. The van der Waals surface area contributed by atoms with Crippen molar-refractivity contribution in [2.45, 2.75) is 20.4 Å². The third-order valence-corrected chi connectivity index (χ3v) is 4.02. The number of amides is 1. The first-order valence-corrected chi connectivity index (χ1v) is 8.38. The third-order valence-electron chi connectivity index (χ3n) is 3.78. The molecule has 6 heteroatoms. The van der Waals surface area contributed by atoms with E-state index < -0.39 is 0 Å². The van der Waals surface area contributed by atoms with Crippen LogP contribution in [0.5, 0.6) is 5.88 Å². The van der Waals surface area contributed by atoms with Gasteiger partial charge in [0.1, 0.15) is 0 Å². The predicted octanol–water partition coefficient (Wildman–Crippen LogP) is 3.92. The minimum absolute atomic E-state index is 0.196. The molecule has 0 atom stereocenters. The fourth-order valence-electron chi connectivity index (χ4n) is 2.57. The summed E-state index contributed by atoms with van der Waals surface area (Å²) in [4.78, 5) is 21.3. The fraction of sp³-hybridized carbons (Fsp3) is 0.211. The number of benzene rings is 1. The van der Waals surface area contributed by atoms with E-state index >= 15 is 0 Å². The maximum absolute atomic E-state index is 12.6. The van der Waals surface area contributed by atoms with E-state index in [0.717, 1.165) is 16.5 Å². The van der Waals surface area contributed by atoms with Crippen molar-refractivity contribution < 1.29 is 9.53 Å². The fourth-order valence-corrected chi connectivity index (χ4v) is 2.75. The van der Waals surface area contributed by atoms with Crippen molar-refractivity contribution in [3.8, 4) is 5.88 Å². The second-order valence-corrected chi connectivity index (χ2v) is 5.98. The number of carbonyl (C=O) groups excluding carboxylic acids is 1. The Morgan fingerprint density at radius 2 is 2.12 bits per heavy atom. The van der Waals surface area contributed by atoms with Crippen LogP contribution in [0.4, 0.5) is 0 Å². The summed E-state index contributed by atoms with van der Waals surface area (Å²) in [6.45, 7) is 4.56. The Balaban J connectivity index is 1.82. The molecule has 1 N–H and O–H groups in total.